The van der Waals surface area contributed by atoms with Gasteiger partial charge in [0.2, 0.25) is 5.91 Å². The fourth-order valence-corrected chi connectivity index (χ4v) is 4.26. The maximum atomic E-state index is 13.1. The summed E-state index contributed by atoms with van der Waals surface area (Å²) in [5.41, 5.74) is 1.30. The lowest BCUT2D eigenvalue weighted by molar-refractivity contribution is -0.124. The normalized spacial score (nSPS) is 16.4. The van der Waals surface area contributed by atoms with Crippen LogP contribution < -0.4 is 10.6 Å². The standard InChI is InChI=1S/C24H29Cl2N3O3/c1-16(2)22(28-23(30)18-8-4-6-10-20(18)26)24(31)27-15-21(29-11-13-32-14-12-29)17-7-3-5-9-19(17)25/h3-10,16,21-22H,11-15H2,1-2H3,(H,27,31)(H,28,30). The van der Waals surface area contributed by atoms with Crippen molar-refractivity contribution in [3.8, 4) is 0 Å². The topological polar surface area (TPSA) is 70.7 Å². The zero-order valence-corrected chi connectivity index (χ0v) is 19.8. The summed E-state index contributed by atoms with van der Waals surface area (Å²) < 4.78 is 5.49. The zero-order valence-electron chi connectivity index (χ0n) is 18.3. The molecule has 1 heterocycles. The highest BCUT2D eigenvalue weighted by molar-refractivity contribution is 6.33. The quantitative estimate of drug-likeness (QED) is 0.603. The lowest BCUT2D eigenvalue weighted by Crippen LogP contribution is -2.52. The van der Waals surface area contributed by atoms with Gasteiger partial charge in [-0.2, -0.15) is 0 Å². The maximum Gasteiger partial charge on any atom is 0.253 e. The van der Waals surface area contributed by atoms with E-state index in [0.717, 1.165) is 18.7 Å². The molecule has 2 unspecified atom stereocenters. The molecule has 32 heavy (non-hydrogen) atoms. The Morgan fingerprint density at radius 1 is 1.00 bits per heavy atom. The van der Waals surface area contributed by atoms with Gasteiger partial charge in [-0.3, -0.25) is 14.5 Å². The number of morpholine rings is 1. The second kappa shape index (κ2) is 11.7. The van der Waals surface area contributed by atoms with E-state index in [1.807, 2.05) is 38.1 Å². The van der Waals surface area contributed by atoms with E-state index in [2.05, 4.69) is 15.5 Å². The molecule has 0 aromatic heterocycles. The van der Waals surface area contributed by atoms with Gasteiger partial charge in [-0.25, -0.2) is 0 Å². The number of carbonyl (C=O) groups is 2. The monoisotopic (exact) mass is 477 g/mol. The summed E-state index contributed by atoms with van der Waals surface area (Å²) in [4.78, 5) is 28.1. The largest absolute Gasteiger partial charge is 0.379 e. The summed E-state index contributed by atoms with van der Waals surface area (Å²) >= 11 is 12.6. The first kappa shape index (κ1) is 24.5. The molecule has 1 aliphatic rings. The number of nitrogens with zero attached hydrogens (tertiary/aromatic N) is 1. The van der Waals surface area contributed by atoms with Crippen LogP contribution >= 0.6 is 23.2 Å². The zero-order chi connectivity index (χ0) is 23.1. The third kappa shape index (κ3) is 6.23. The van der Waals surface area contributed by atoms with Gasteiger partial charge in [0, 0.05) is 24.7 Å². The Morgan fingerprint density at radius 3 is 2.25 bits per heavy atom. The van der Waals surface area contributed by atoms with Crippen LogP contribution in [0.2, 0.25) is 10.0 Å². The first-order chi connectivity index (χ1) is 15.4. The Hall–Kier alpha value is -2.12. The third-order valence-corrected chi connectivity index (χ3v) is 6.25. The van der Waals surface area contributed by atoms with Gasteiger partial charge in [-0.1, -0.05) is 67.4 Å². The molecule has 6 nitrogen and oxygen atoms in total. The first-order valence-electron chi connectivity index (χ1n) is 10.8. The fourth-order valence-electron chi connectivity index (χ4n) is 3.78. The number of benzene rings is 2. The summed E-state index contributed by atoms with van der Waals surface area (Å²) in [5.74, 6) is -0.727. The number of hydrogen-bond acceptors (Lipinski definition) is 4. The summed E-state index contributed by atoms with van der Waals surface area (Å²) in [6.45, 7) is 6.93. The summed E-state index contributed by atoms with van der Waals surface area (Å²) in [7, 11) is 0. The molecule has 2 atom stereocenters. The molecule has 3 rings (SSSR count). The van der Waals surface area contributed by atoms with Crippen LogP contribution in [0.4, 0.5) is 0 Å². The molecule has 0 spiro atoms. The highest BCUT2D eigenvalue weighted by Crippen LogP contribution is 2.28. The van der Waals surface area contributed by atoms with Crippen LogP contribution in [0, 0.1) is 5.92 Å². The summed E-state index contributed by atoms with van der Waals surface area (Å²) in [6.07, 6.45) is 0. The Balaban J connectivity index is 1.72. The van der Waals surface area contributed by atoms with Crippen molar-refractivity contribution in [2.24, 2.45) is 5.92 Å². The van der Waals surface area contributed by atoms with Crippen LogP contribution in [-0.4, -0.2) is 55.6 Å². The van der Waals surface area contributed by atoms with Gasteiger partial charge in [-0.05, 0) is 29.7 Å². The van der Waals surface area contributed by atoms with Gasteiger partial charge in [-0.15, -0.1) is 0 Å². The Kier molecular flexibility index (Phi) is 8.93. The Bertz CT molecular complexity index is 932. The van der Waals surface area contributed by atoms with Crippen molar-refractivity contribution in [3.63, 3.8) is 0 Å². The molecular formula is C24H29Cl2N3O3. The Labute approximate surface area is 199 Å². The summed E-state index contributed by atoms with van der Waals surface area (Å²) in [6, 6.07) is 13.7. The molecule has 2 aromatic carbocycles. The van der Waals surface area contributed by atoms with E-state index in [0.29, 0.717) is 35.4 Å². The second-order valence-corrected chi connectivity index (χ2v) is 8.92. The van der Waals surface area contributed by atoms with E-state index in [4.69, 9.17) is 27.9 Å². The van der Waals surface area contributed by atoms with Crippen LogP contribution in [0.15, 0.2) is 48.5 Å². The minimum absolute atomic E-state index is 0.0939. The van der Waals surface area contributed by atoms with Gasteiger partial charge in [0.15, 0.2) is 0 Å². The molecule has 0 aliphatic carbocycles. The lowest BCUT2D eigenvalue weighted by atomic mass is 10.0. The number of halogens is 2. The van der Waals surface area contributed by atoms with Crippen LogP contribution in [0.3, 0.4) is 0 Å². The van der Waals surface area contributed by atoms with E-state index in [1.54, 1.807) is 24.3 Å². The predicted molar refractivity (Wildman–Crippen MR) is 127 cm³/mol. The van der Waals surface area contributed by atoms with Crippen molar-refractivity contribution < 1.29 is 14.3 Å². The van der Waals surface area contributed by atoms with Gasteiger partial charge < -0.3 is 15.4 Å². The fraction of sp³-hybridized carbons (Fsp3) is 0.417. The average Bonchev–Trinajstić information content (AvgIpc) is 2.79. The lowest BCUT2D eigenvalue weighted by Gasteiger charge is -2.35. The van der Waals surface area contributed by atoms with Crippen LogP contribution in [-0.2, 0) is 9.53 Å². The minimum atomic E-state index is -0.699. The molecule has 172 valence electrons. The molecule has 0 radical (unpaired) electrons. The van der Waals surface area contributed by atoms with Gasteiger partial charge in [0.1, 0.15) is 6.04 Å². The molecule has 2 N–H and O–H groups in total. The molecule has 1 fully saturated rings. The summed E-state index contributed by atoms with van der Waals surface area (Å²) in [5, 5.41) is 6.87. The van der Waals surface area contributed by atoms with E-state index < -0.39 is 6.04 Å². The SMILES string of the molecule is CC(C)C(NC(=O)c1ccccc1Cl)C(=O)NCC(c1ccccc1Cl)N1CCOCC1. The molecule has 2 amide bonds. The molecule has 2 aromatic rings. The average molecular weight is 478 g/mol. The van der Waals surface area contributed by atoms with Crippen LogP contribution in [0.1, 0.15) is 35.8 Å². The highest BCUT2D eigenvalue weighted by Gasteiger charge is 2.29. The van der Waals surface area contributed by atoms with Crippen molar-refractivity contribution in [2.45, 2.75) is 25.9 Å². The van der Waals surface area contributed by atoms with Gasteiger partial charge in [0.25, 0.3) is 5.91 Å². The van der Waals surface area contributed by atoms with Crippen molar-refractivity contribution in [2.75, 3.05) is 32.8 Å². The van der Waals surface area contributed by atoms with Crippen LogP contribution in [0.25, 0.3) is 0 Å². The van der Waals surface area contributed by atoms with Crippen molar-refractivity contribution >= 4 is 35.0 Å². The van der Waals surface area contributed by atoms with E-state index in [1.165, 1.54) is 0 Å². The number of amides is 2. The molecule has 8 heteroatoms. The number of carbonyl (C=O) groups excluding carboxylic acids is 2. The molecular weight excluding hydrogens is 449 g/mol. The second-order valence-electron chi connectivity index (χ2n) is 8.11. The smallest absolute Gasteiger partial charge is 0.253 e. The van der Waals surface area contributed by atoms with Crippen molar-refractivity contribution in [1.82, 2.24) is 15.5 Å². The van der Waals surface area contributed by atoms with E-state index >= 15 is 0 Å². The number of hydrogen-bond donors (Lipinski definition) is 2. The number of ether oxygens (including phenoxy) is 1. The minimum Gasteiger partial charge on any atom is -0.379 e. The van der Waals surface area contributed by atoms with E-state index in [-0.39, 0.29) is 23.8 Å². The first-order valence-corrected chi connectivity index (χ1v) is 11.5. The number of nitrogens with one attached hydrogen (secondary N) is 2. The highest BCUT2D eigenvalue weighted by atomic mass is 35.5. The Morgan fingerprint density at radius 2 is 1.62 bits per heavy atom. The molecule has 1 saturated heterocycles. The van der Waals surface area contributed by atoms with Crippen molar-refractivity contribution in [1.29, 1.82) is 0 Å². The number of rotatable bonds is 8. The third-order valence-electron chi connectivity index (χ3n) is 5.57. The predicted octanol–water partition coefficient (Wildman–Crippen LogP) is 3.94. The molecule has 1 aliphatic heterocycles. The van der Waals surface area contributed by atoms with Crippen molar-refractivity contribution in [3.05, 3.63) is 69.7 Å². The van der Waals surface area contributed by atoms with Gasteiger partial charge >= 0.3 is 0 Å². The van der Waals surface area contributed by atoms with E-state index in [9.17, 15) is 9.59 Å². The van der Waals surface area contributed by atoms with Gasteiger partial charge in [0.05, 0.1) is 29.8 Å². The van der Waals surface area contributed by atoms with Crippen LogP contribution in [0.5, 0.6) is 0 Å². The molecule has 0 saturated carbocycles. The molecule has 0 bridgehead atoms. The maximum absolute atomic E-state index is 13.1.